The van der Waals surface area contributed by atoms with Gasteiger partial charge in [-0.1, -0.05) is 0 Å². The van der Waals surface area contributed by atoms with E-state index in [0.717, 1.165) is 0 Å². The summed E-state index contributed by atoms with van der Waals surface area (Å²) in [6.07, 6.45) is 0. The lowest BCUT2D eigenvalue weighted by Gasteiger charge is -2.28. The number of hydrogen-bond donors (Lipinski definition) is 2. The van der Waals surface area contributed by atoms with Gasteiger partial charge in [0.2, 0.25) is 0 Å². The molecule has 0 saturated heterocycles. The molecule has 0 radical (unpaired) electrons. The van der Waals surface area contributed by atoms with E-state index in [0.29, 0.717) is 30.0 Å². The Labute approximate surface area is 154 Å². The molecule has 0 bridgehead atoms. The molecule has 2 N–H and O–H groups in total. The molecule has 1 aromatic heterocycles. The molecule has 0 aliphatic heterocycles. The molecule has 8 nitrogen and oxygen atoms in total. The smallest absolute Gasteiger partial charge is 0.355 e. The molecule has 0 aliphatic carbocycles. The molecule has 0 aromatic carbocycles. The highest BCUT2D eigenvalue weighted by Crippen LogP contribution is 2.22. The van der Waals surface area contributed by atoms with Crippen molar-refractivity contribution in [1.29, 1.82) is 0 Å². The summed E-state index contributed by atoms with van der Waals surface area (Å²) in [6, 6.07) is -1.04. The average molecular weight is 367 g/mol. The zero-order chi connectivity index (χ0) is 19.9. The number of ketones is 1. The molecule has 1 aromatic rings. The topological polar surface area (TPSA) is 101 Å². The van der Waals surface area contributed by atoms with Crippen LogP contribution in [0.3, 0.4) is 0 Å². The second-order valence-electron chi connectivity index (χ2n) is 5.91. The van der Waals surface area contributed by atoms with Crippen molar-refractivity contribution in [3.05, 3.63) is 22.5 Å². The Kier molecular flexibility index (Phi) is 8.31. The van der Waals surface area contributed by atoms with Crippen molar-refractivity contribution in [3.8, 4) is 0 Å². The molecular weight excluding hydrogens is 338 g/mol. The Balaban J connectivity index is 3.15. The number of hydrogen-bond acceptors (Lipinski definition) is 5. The lowest BCUT2D eigenvalue weighted by Crippen LogP contribution is -2.49. The minimum atomic E-state index is -0.708. The predicted octanol–water partition coefficient (Wildman–Crippen LogP) is 2.06. The molecule has 1 unspecified atom stereocenters. The zero-order valence-electron chi connectivity index (χ0n) is 16.4. The number of nitrogens with zero attached hydrogens (tertiary/aromatic N) is 1. The van der Waals surface area contributed by atoms with Crippen LogP contribution >= 0.6 is 0 Å². The number of methoxy groups -OCH3 is 1. The van der Waals surface area contributed by atoms with Gasteiger partial charge in [0.1, 0.15) is 5.69 Å². The third kappa shape index (κ3) is 4.85. The predicted molar refractivity (Wildman–Crippen MR) is 97.7 cm³/mol. The van der Waals surface area contributed by atoms with Crippen LogP contribution < -0.4 is 5.32 Å². The van der Waals surface area contributed by atoms with E-state index in [9.17, 15) is 14.4 Å². The van der Waals surface area contributed by atoms with Crippen molar-refractivity contribution in [3.63, 3.8) is 0 Å². The Morgan fingerprint density at radius 1 is 1.23 bits per heavy atom. The van der Waals surface area contributed by atoms with Gasteiger partial charge in [0.05, 0.1) is 19.3 Å². The number of amides is 2. The molecule has 0 aliphatic rings. The number of ether oxygens (including phenoxy) is 2. The largest absolute Gasteiger partial charge is 0.461 e. The van der Waals surface area contributed by atoms with Crippen LogP contribution in [0.25, 0.3) is 0 Å². The molecular formula is C18H29N3O5. The first-order valence-corrected chi connectivity index (χ1v) is 8.73. The first-order chi connectivity index (χ1) is 12.3. The standard InChI is InChI=1S/C18H29N3O5/c1-7-19-18(24)21(9-10-25-6)13(5)16(22)14-11(3)15(20-12(14)4)17(23)26-8-2/h13,20H,7-10H2,1-6H3,(H,19,24). The van der Waals surface area contributed by atoms with Crippen LogP contribution in [0.1, 0.15) is 52.9 Å². The fourth-order valence-electron chi connectivity index (χ4n) is 2.79. The van der Waals surface area contributed by atoms with Crippen molar-refractivity contribution in [2.45, 2.75) is 40.7 Å². The van der Waals surface area contributed by atoms with Crippen LogP contribution in [0.15, 0.2) is 0 Å². The molecule has 26 heavy (non-hydrogen) atoms. The van der Waals surface area contributed by atoms with E-state index in [-0.39, 0.29) is 30.7 Å². The fourth-order valence-corrected chi connectivity index (χ4v) is 2.79. The number of aromatic amines is 1. The second-order valence-corrected chi connectivity index (χ2v) is 5.91. The number of nitrogens with one attached hydrogen (secondary N) is 2. The summed E-state index contributed by atoms with van der Waals surface area (Å²) in [7, 11) is 1.54. The molecule has 0 spiro atoms. The van der Waals surface area contributed by atoms with Crippen molar-refractivity contribution >= 4 is 17.8 Å². The summed E-state index contributed by atoms with van der Waals surface area (Å²) >= 11 is 0. The minimum absolute atomic E-state index is 0.242. The number of H-pyrrole nitrogens is 1. The third-order valence-electron chi connectivity index (χ3n) is 4.14. The average Bonchev–Trinajstić information content (AvgIpc) is 2.89. The summed E-state index contributed by atoms with van der Waals surface area (Å²) in [5.74, 6) is -0.742. The number of rotatable bonds is 9. The molecule has 1 heterocycles. The normalized spacial score (nSPS) is 11.8. The number of esters is 1. The molecule has 1 rings (SSSR count). The molecule has 146 valence electrons. The Bertz CT molecular complexity index is 653. The van der Waals surface area contributed by atoms with Gasteiger partial charge in [-0.15, -0.1) is 0 Å². The van der Waals surface area contributed by atoms with Crippen LogP contribution in [0, 0.1) is 13.8 Å². The van der Waals surface area contributed by atoms with E-state index >= 15 is 0 Å². The van der Waals surface area contributed by atoms with Gasteiger partial charge in [0.15, 0.2) is 5.78 Å². The van der Waals surface area contributed by atoms with Crippen molar-refractivity contribution in [2.75, 3.05) is 33.4 Å². The highest BCUT2D eigenvalue weighted by Gasteiger charge is 2.31. The van der Waals surface area contributed by atoms with E-state index in [2.05, 4.69) is 10.3 Å². The Hall–Kier alpha value is -2.35. The maximum atomic E-state index is 13.1. The molecule has 8 heteroatoms. The van der Waals surface area contributed by atoms with Crippen LogP contribution in [0.4, 0.5) is 4.79 Å². The van der Waals surface area contributed by atoms with Gasteiger partial charge in [0.25, 0.3) is 0 Å². The summed E-state index contributed by atoms with van der Waals surface area (Å²) in [4.78, 5) is 41.8. The lowest BCUT2D eigenvalue weighted by molar-refractivity contribution is 0.0519. The maximum absolute atomic E-state index is 13.1. The fraction of sp³-hybridized carbons (Fsp3) is 0.611. The second kappa shape index (κ2) is 9.96. The maximum Gasteiger partial charge on any atom is 0.355 e. The number of carbonyl (C=O) groups is 3. The SMILES string of the molecule is CCNC(=O)N(CCOC)C(C)C(=O)c1c(C)[nH]c(C(=O)OCC)c1C. The van der Waals surface area contributed by atoms with Crippen LogP contribution in [-0.2, 0) is 9.47 Å². The van der Waals surface area contributed by atoms with Gasteiger partial charge in [-0.05, 0) is 40.2 Å². The Morgan fingerprint density at radius 2 is 1.88 bits per heavy atom. The van der Waals surface area contributed by atoms with Crippen molar-refractivity contribution < 1.29 is 23.9 Å². The lowest BCUT2D eigenvalue weighted by atomic mass is 10.00. The van der Waals surface area contributed by atoms with Gasteiger partial charge < -0.3 is 24.7 Å². The van der Waals surface area contributed by atoms with Gasteiger partial charge in [-0.25, -0.2) is 9.59 Å². The van der Waals surface area contributed by atoms with E-state index in [1.807, 2.05) is 6.92 Å². The summed E-state index contributed by atoms with van der Waals surface area (Å²) in [5, 5.41) is 2.71. The van der Waals surface area contributed by atoms with Crippen LogP contribution in [0.5, 0.6) is 0 Å². The van der Waals surface area contributed by atoms with Gasteiger partial charge in [-0.3, -0.25) is 4.79 Å². The Morgan fingerprint density at radius 3 is 2.42 bits per heavy atom. The van der Waals surface area contributed by atoms with E-state index in [4.69, 9.17) is 9.47 Å². The van der Waals surface area contributed by atoms with Gasteiger partial charge in [-0.2, -0.15) is 0 Å². The highest BCUT2D eigenvalue weighted by molar-refractivity contribution is 6.06. The number of aromatic nitrogens is 1. The molecule has 2 amide bonds. The first kappa shape index (κ1) is 21.7. The van der Waals surface area contributed by atoms with E-state index in [1.54, 1.807) is 27.7 Å². The number of urea groups is 1. The van der Waals surface area contributed by atoms with E-state index < -0.39 is 12.0 Å². The van der Waals surface area contributed by atoms with Crippen LogP contribution in [-0.4, -0.2) is 67.1 Å². The van der Waals surface area contributed by atoms with Gasteiger partial charge >= 0.3 is 12.0 Å². The quantitative estimate of drug-likeness (QED) is 0.514. The van der Waals surface area contributed by atoms with Crippen molar-refractivity contribution in [2.24, 2.45) is 0 Å². The van der Waals surface area contributed by atoms with Crippen molar-refractivity contribution in [1.82, 2.24) is 15.2 Å². The summed E-state index contributed by atoms with van der Waals surface area (Å²) in [6.45, 7) is 9.92. The number of Topliss-reactive ketones (excluding diaryl/α,β-unsaturated/α-hetero) is 1. The van der Waals surface area contributed by atoms with E-state index in [1.165, 1.54) is 12.0 Å². The minimum Gasteiger partial charge on any atom is -0.461 e. The number of carbonyl (C=O) groups excluding carboxylic acids is 3. The molecule has 0 fully saturated rings. The summed E-state index contributed by atoms with van der Waals surface area (Å²) < 4.78 is 10.1. The van der Waals surface area contributed by atoms with Crippen LogP contribution in [0.2, 0.25) is 0 Å². The summed E-state index contributed by atoms with van der Waals surface area (Å²) in [5.41, 5.74) is 1.78. The molecule has 1 atom stereocenters. The molecule has 0 saturated carbocycles. The first-order valence-electron chi connectivity index (χ1n) is 8.73. The highest BCUT2D eigenvalue weighted by atomic mass is 16.5. The number of aryl methyl sites for hydroxylation is 1. The zero-order valence-corrected chi connectivity index (χ0v) is 16.4. The van der Waals surface area contributed by atoms with Gasteiger partial charge in [0, 0.05) is 31.5 Å². The monoisotopic (exact) mass is 367 g/mol. The third-order valence-corrected chi connectivity index (χ3v) is 4.14.